The van der Waals surface area contributed by atoms with E-state index in [0.29, 0.717) is 42.9 Å². The summed E-state index contributed by atoms with van der Waals surface area (Å²) in [6.07, 6.45) is 11.1. The molecule has 2 aliphatic heterocycles. The Morgan fingerprint density at radius 3 is 2.52 bits per heavy atom. The van der Waals surface area contributed by atoms with Crippen LogP contribution in [0.1, 0.15) is 112 Å². The van der Waals surface area contributed by atoms with E-state index in [2.05, 4.69) is 72.9 Å². The van der Waals surface area contributed by atoms with Gasteiger partial charge >= 0.3 is 5.69 Å². The zero-order valence-corrected chi connectivity index (χ0v) is 38.6. The Hall–Kier alpha value is -5.29. The highest BCUT2D eigenvalue weighted by Gasteiger charge is 2.49. The SMILES string of the molecule is CC(C)c1ccccc1[C@@H]1CCC[C@@H]1N1CC2(CCN(c3ccc(C(=O)NS(=O)(=O)c4cnc(NC[C@H]5CC[C@](C)(O)CC5)c([N+](=O)[O-])c4)c(Oc4cc5cc[nH]c5nc4Cl)c3)CC2)C1. The predicted octanol–water partition coefficient (Wildman–Crippen LogP) is 9.15. The van der Waals surface area contributed by atoms with Gasteiger partial charge in [-0.05, 0) is 117 Å². The van der Waals surface area contributed by atoms with Crippen LogP contribution in [-0.4, -0.2) is 88.6 Å². The molecule has 17 heteroatoms. The van der Waals surface area contributed by atoms with Crippen molar-refractivity contribution < 1.29 is 28.0 Å². The van der Waals surface area contributed by atoms with Crippen LogP contribution in [0.4, 0.5) is 17.2 Å². The number of aliphatic hydroxyl groups is 1. The number of nitro groups is 1. The maximum atomic E-state index is 14.0. The molecular weight excluding hydrogens is 868 g/mol. The molecule has 2 saturated heterocycles. The molecule has 344 valence electrons. The van der Waals surface area contributed by atoms with Gasteiger partial charge in [0.25, 0.3) is 15.9 Å². The van der Waals surface area contributed by atoms with Crippen molar-refractivity contribution in [2.24, 2.45) is 11.3 Å². The van der Waals surface area contributed by atoms with Gasteiger partial charge in [0, 0.05) is 68.2 Å². The Morgan fingerprint density at radius 2 is 1.78 bits per heavy atom. The fraction of sp³-hybridized carbons (Fsp3) is 0.479. The summed E-state index contributed by atoms with van der Waals surface area (Å²) in [4.78, 5) is 41.4. The summed E-state index contributed by atoms with van der Waals surface area (Å²) in [5.74, 6) is 0.349. The predicted molar refractivity (Wildman–Crippen MR) is 251 cm³/mol. The number of H-pyrrole nitrogens is 1. The Balaban J connectivity index is 0.908. The van der Waals surface area contributed by atoms with Gasteiger partial charge in [0.15, 0.2) is 10.9 Å². The normalized spacial score (nSPS) is 23.4. The van der Waals surface area contributed by atoms with Crippen molar-refractivity contribution in [3.8, 4) is 11.5 Å². The van der Waals surface area contributed by atoms with E-state index in [1.807, 2.05) is 0 Å². The molecule has 5 heterocycles. The minimum absolute atomic E-state index is 0.0402. The van der Waals surface area contributed by atoms with Gasteiger partial charge in [-0.15, -0.1) is 0 Å². The van der Waals surface area contributed by atoms with Crippen LogP contribution in [0.5, 0.6) is 11.5 Å². The molecule has 4 aliphatic rings. The molecule has 3 aromatic heterocycles. The van der Waals surface area contributed by atoms with E-state index in [9.17, 15) is 28.4 Å². The molecule has 15 nitrogen and oxygen atoms in total. The summed E-state index contributed by atoms with van der Waals surface area (Å²) in [5.41, 5.74) is 3.22. The maximum absolute atomic E-state index is 14.0. The van der Waals surface area contributed by atoms with Crippen molar-refractivity contribution in [3.63, 3.8) is 0 Å². The van der Waals surface area contributed by atoms with Gasteiger partial charge in [0.05, 0.1) is 22.3 Å². The quantitative estimate of drug-likeness (QED) is 0.0498. The smallest absolute Gasteiger partial charge is 0.312 e. The van der Waals surface area contributed by atoms with E-state index in [1.54, 1.807) is 37.4 Å². The number of nitrogens with one attached hydrogen (secondary N) is 3. The maximum Gasteiger partial charge on any atom is 0.312 e. The standard InChI is InChI=1S/C48H57ClN8O7S/c1-30(2)35-7-4-5-8-36(35)37-9-6-10-39(37)56-28-48(29-56)18-21-55(22-19-48)33-11-12-38(41(24-33)64-42-23-32-15-20-50-44(32)53-43(42)49)46(58)54-65(62,63)34-25-40(57(60)61)45(52-27-34)51-26-31-13-16-47(3,59)17-14-31/h4-5,7-8,11-12,15,20,23-25,27,30-31,37,39,59H,6,9-10,13-14,16-19,21-22,26,28-29H2,1-3H3,(H,50,53)(H,51,52)(H,54,58)/t31-,37-,39-,47-/m0/s1. The topological polar surface area (TPSA) is 196 Å². The zero-order valence-electron chi connectivity index (χ0n) is 37.1. The average Bonchev–Trinajstić information content (AvgIpc) is 3.95. The van der Waals surface area contributed by atoms with Crippen molar-refractivity contribution in [2.45, 2.75) is 107 Å². The Kier molecular flexibility index (Phi) is 12.3. The van der Waals surface area contributed by atoms with Crippen molar-refractivity contribution in [1.82, 2.24) is 24.6 Å². The van der Waals surface area contributed by atoms with Crippen molar-refractivity contribution in [3.05, 3.63) is 105 Å². The van der Waals surface area contributed by atoms with Crippen LogP contribution < -0.4 is 19.7 Å². The number of hydrogen-bond donors (Lipinski definition) is 4. The van der Waals surface area contributed by atoms with Crippen LogP contribution in [0, 0.1) is 21.4 Å². The molecule has 9 rings (SSSR count). The second-order valence-electron chi connectivity index (χ2n) is 19.3. The van der Waals surface area contributed by atoms with E-state index in [0.717, 1.165) is 75.2 Å². The number of amides is 1. The summed E-state index contributed by atoms with van der Waals surface area (Å²) in [7, 11) is -4.66. The van der Waals surface area contributed by atoms with Gasteiger partial charge < -0.3 is 25.0 Å². The zero-order chi connectivity index (χ0) is 45.7. The fourth-order valence-corrected chi connectivity index (χ4v) is 11.8. The Labute approximate surface area is 384 Å². The second kappa shape index (κ2) is 17.8. The van der Waals surface area contributed by atoms with Crippen molar-refractivity contribution in [2.75, 3.05) is 42.9 Å². The van der Waals surface area contributed by atoms with Gasteiger partial charge in [-0.2, -0.15) is 0 Å². The lowest BCUT2D eigenvalue weighted by Gasteiger charge is -2.57. The van der Waals surface area contributed by atoms with Gasteiger partial charge in [-0.25, -0.2) is 23.1 Å². The van der Waals surface area contributed by atoms with Crippen molar-refractivity contribution in [1.29, 1.82) is 0 Å². The van der Waals surface area contributed by atoms with Gasteiger partial charge in [0.1, 0.15) is 16.3 Å². The average molecular weight is 926 g/mol. The first-order valence-corrected chi connectivity index (χ1v) is 24.6. The Bertz CT molecular complexity index is 2700. The third-order valence-corrected chi connectivity index (χ3v) is 16.0. The summed E-state index contributed by atoms with van der Waals surface area (Å²) in [5, 5.41) is 26.2. The number of aromatic nitrogens is 3. The van der Waals surface area contributed by atoms with Gasteiger partial charge in [-0.3, -0.25) is 19.8 Å². The van der Waals surface area contributed by atoms with Crippen LogP contribution in [0.15, 0.2) is 78.0 Å². The van der Waals surface area contributed by atoms with Crippen LogP contribution >= 0.6 is 11.6 Å². The number of ether oxygens (including phenoxy) is 1. The minimum atomic E-state index is -4.66. The molecule has 1 amide bonds. The van der Waals surface area contributed by atoms with E-state index in [1.165, 1.54) is 36.5 Å². The largest absolute Gasteiger partial charge is 0.453 e. The molecule has 0 unspecified atom stereocenters. The van der Waals surface area contributed by atoms with Crippen LogP contribution in [0.3, 0.4) is 0 Å². The molecule has 4 N–H and O–H groups in total. The number of carbonyl (C=O) groups excluding carboxylic acids is 1. The highest BCUT2D eigenvalue weighted by molar-refractivity contribution is 7.90. The molecule has 0 bridgehead atoms. The summed E-state index contributed by atoms with van der Waals surface area (Å²) in [6.45, 7) is 10.5. The number of rotatable bonds is 13. The fourth-order valence-electron chi connectivity index (χ4n) is 10.7. The van der Waals surface area contributed by atoms with Crippen LogP contribution in [0.2, 0.25) is 5.15 Å². The molecule has 5 aromatic rings. The monoisotopic (exact) mass is 924 g/mol. The van der Waals surface area contributed by atoms with E-state index >= 15 is 0 Å². The highest BCUT2D eigenvalue weighted by atomic mass is 35.5. The summed E-state index contributed by atoms with van der Waals surface area (Å²) < 4.78 is 35.9. The third-order valence-electron chi connectivity index (χ3n) is 14.4. The molecule has 2 aliphatic carbocycles. The number of anilines is 2. The first-order valence-electron chi connectivity index (χ1n) is 22.8. The number of sulfonamides is 1. The molecule has 2 saturated carbocycles. The molecule has 2 atom stereocenters. The van der Waals surface area contributed by atoms with Crippen LogP contribution in [0.25, 0.3) is 11.0 Å². The van der Waals surface area contributed by atoms with E-state index < -0.39 is 37.0 Å². The lowest BCUT2D eigenvalue weighted by atomic mass is 9.70. The molecule has 65 heavy (non-hydrogen) atoms. The third kappa shape index (κ3) is 9.40. The second-order valence-corrected chi connectivity index (χ2v) is 21.3. The van der Waals surface area contributed by atoms with Gasteiger partial charge in [-0.1, -0.05) is 56.1 Å². The van der Waals surface area contributed by atoms with Gasteiger partial charge in [0.2, 0.25) is 5.82 Å². The number of nitrogens with zero attached hydrogens (tertiary/aromatic N) is 5. The molecular formula is C48H57ClN8O7S. The lowest BCUT2D eigenvalue weighted by Crippen LogP contribution is -2.63. The number of likely N-dealkylation sites (tertiary alicyclic amines) is 1. The number of fused-ring (bicyclic) bond motifs is 1. The van der Waals surface area contributed by atoms with Crippen LogP contribution in [-0.2, 0) is 10.0 Å². The van der Waals surface area contributed by atoms with Crippen molar-refractivity contribution >= 4 is 55.8 Å². The number of aromatic amines is 1. The summed E-state index contributed by atoms with van der Waals surface area (Å²) >= 11 is 6.58. The number of hydrogen-bond acceptors (Lipinski definition) is 12. The number of piperidine rings is 1. The molecule has 4 fully saturated rings. The summed E-state index contributed by atoms with van der Waals surface area (Å²) in [6, 6.07) is 19.0. The molecule has 0 radical (unpaired) electrons. The molecule has 2 aromatic carbocycles. The highest BCUT2D eigenvalue weighted by Crippen LogP contribution is 2.49. The van der Waals surface area contributed by atoms with E-state index in [4.69, 9.17) is 16.3 Å². The number of carbonyl (C=O) groups is 1. The lowest BCUT2D eigenvalue weighted by molar-refractivity contribution is -0.384. The molecule has 1 spiro atoms. The number of benzene rings is 2. The number of pyridine rings is 2. The minimum Gasteiger partial charge on any atom is -0.453 e. The Morgan fingerprint density at radius 1 is 1.03 bits per heavy atom. The first-order chi connectivity index (χ1) is 31.1. The number of halogens is 1. The first kappa shape index (κ1) is 44.9. The van der Waals surface area contributed by atoms with E-state index in [-0.39, 0.29) is 39.4 Å².